The molecule has 0 aliphatic rings. The van der Waals surface area contributed by atoms with E-state index in [9.17, 15) is 4.79 Å². The zero-order valence-electron chi connectivity index (χ0n) is 14.5. The van der Waals surface area contributed by atoms with E-state index in [1.165, 1.54) is 5.56 Å². The number of rotatable bonds is 10. The van der Waals surface area contributed by atoms with Crippen molar-refractivity contribution >= 4 is 21.8 Å². The Morgan fingerprint density at radius 2 is 1.84 bits per heavy atom. The summed E-state index contributed by atoms with van der Waals surface area (Å²) in [6.45, 7) is 1.22. The van der Waals surface area contributed by atoms with Crippen LogP contribution in [0.25, 0.3) is 0 Å². The molecule has 25 heavy (non-hydrogen) atoms. The van der Waals surface area contributed by atoms with Crippen LogP contribution in [0.15, 0.2) is 53.0 Å². The zero-order chi connectivity index (χ0) is 17.9. The number of carbonyl (C=O) groups is 1. The quantitative estimate of drug-likeness (QED) is 0.597. The third-order valence-corrected chi connectivity index (χ3v) is 4.42. The van der Waals surface area contributed by atoms with Crippen LogP contribution in [0, 0.1) is 0 Å². The molecule has 1 N–H and O–H groups in total. The third-order valence-electron chi connectivity index (χ3n) is 3.77. The molecule has 0 fully saturated rings. The number of methoxy groups -OCH3 is 1. The average Bonchev–Trinajstić information content (AvgIpc) is 2.64. The minimum absolute atomic E-state index is 0.0745. The fourth-order valence-corrected chi connectivity index (χ4v) is 2.78. The molecule has 0 saturated carbocycles. The second kappa shape index (κ2) is 10.8. The maximum atomic E-state index is 11.8. The number of benzene rings is 2. The third kappa shape index (κ3) is 7.18. The number of halogens is 1. The highest BCUT2D eigenvalue weighted by molar-refractivity contribution is 9.10. The maximum absolute atomic E-state index is 11.8. The van der Waals surface area contributed by atoms with Crippen LogP contribution in [0.5, 0.6) is 11.5 Å². The first-order valence-corrected chi connectivity index (χ1v) is 9.25. The number of nitrogens with one attached hydrogen (secondary N) is 1. The Kier molecular flexibility index (Phi) is 8.32. The van der Waals surface area contributed by atoms with Gasteiger partial charge in [-0.25, -0.2) is 0 Å². The predicted molar refractivity (Wildman–Crippen MR) is 103 cm³/mol. The van der Waals surface area contributed by atoms with Crippen LogP contribution in [0.1, 0.15) is 24.8 Å². The van der Waals surface area contributed by atoms with Crippen LogP contribution >= 0.6 is 15.9 Å². The molecule has 0 aliphatic carbocycles. The second-order valence-electron chi connectivity index (χ2n) is 5.68. The monoisotopic (exact) mass is 405 g/mol. The van der Waals surface area contributed by atoms with Gasteiger partial charge in [-0.15, -0.1) is 0 Å². The number of carbonyl (C=O) groups excluding carboxylic acids is 1. The molecule has 0 bridgehead atoms. The average molecular weight is 406 g/mol. The van der Waals surface area contributed by atoms with Crippen molar-refractivity contribution in [3.8, 4) is 11.5 Å². The van der Waals surface area contributed by atoms with Crippen LogP contribution in [-0.4, -0.2) is 26.2 Å². The maximum Gasteiger partial charge on any atom is 0.220 e. The minimum atomic E-state index is 0.0745. The van der Waals surface area contributed by atoms with Crippen molar-refractivity contribution in [3.05, 3.63) is 58.6 Å². The number of aryl methyl sites for hydroxylation is 1. The number of amides is 1. The van der Waals surface area contributed by atoms with E-state index in [0.717, 1.165) is 28.8 Å². The van der Waals surface area contributed by atoms with Gasteiger partial charge in [0.1, 0.15) is 11.5 Å². The lowest BCUT2D eigenvalue weighted by Crippen LogP contribution is -2.24. The van der Waals surface area contributed by atoms with E-state index in [4.69, 9.17) is 9.47 Å². The molecule has 2 rings (SSSR count). The molecule has 0 unspecified atom stereocenters. The van der Waals surface area contributed by atoms with Crippen molar-refractivity contribution in [3.63, 3.8) is 0 Å². The van der Waals surface area contributed by atoms with Gasteiger partial charge in [0.15, 0.2) is 0 Å². The van der Waals surface area contributed by atoms with Crippen molar-refractivity contribution in [1.82, 2.24) is 5.32 Å². The summed E-state index contributed by atoms with van der Waals surface area (Å²) in [6, 6.07) is 15.7. The first-order valence-electron chi connectivity index (χ1n) is 8.46. The highest BCUT2D eigenvalue weighted by Crippen LogP contribution is 2.23. The van der Waals surface area contributed by atoms with Gasteiger partial charge in [0, 0.05) is 13.0 Å². The molecule has 2 aromatic carbocycles. The summed E-state index contributed by atoms with van der Waals surface area (Å²) in [5.41, 5.74) is 1.25. The van der Waals surface area contributed by atoms with E-state index in [0.29, 0.717) is 26.0 Å². The zero-order valence-corrected chi connectivity index (χ0v) is 16.1. The molecule has 134 valence electrons. The SMILES string of the molecule is COc1ccc(CCCNC(=O)CCCOc2ccccc2Br)cc1. The largest absolute Gasteiger partial charge is 0.497 e. The summed E-state index contributed by atoms with van der Waals surface area (Å²) in [7, 11) is 1.66. The van der Waals surface area contributed by atoms with Crippen molar-refractivity contribution in [1.29, 1.82) is 0 Å². The summed E-state index contributed by atoms with van der Waals surface area (Å²) in [4.78, 5) is 11.8. The molecular weight excluding hydrogens is 382 g/mol. The van der Waals surface area contributed by atoms with Crippen LogP contribution in [0.4, 0.5) is 0 Å². The molecule has 0 saturated heterocycles. The van der Waals surface area contributed by atoms with E-state index < -0.39 is 0 Å². The summed E-state index contributed by atoms with van der Waals surface area (Å²) in [5.74, 6) is 1.75. The number of hydrogen-bond donors (Lipinski definition) is 1. The Hall–Kier alpha value is -2.01. The van der Waals surface area contributed by atoms with Crippen molar-refractivity contribution in [2.75, 3.05) is 20.3 Å². The van der Waals surface area contributed by atoms with Gasteiger partial charge in [0.25, 0.3) is 0 Å². The first-order chi connectivity index (χ1) is 12.2. The highest BCUT2D eigenvalue weighted by atomic mass is 79.9. The summed E-state index contributed by atoms with van der Waals surface area (Å²) in [6.07, 6.45) is 3.04. The van der Waals surface area contributed by atoms with Gasteiger partial charge >= 0.3 is 0 Å². The summed E-state index contributed by atoms with van der Waals surface area (Å²) in [5, 5.41) is 2.96. The van der Waals surface area contributed by atoms with Gasteiger partial charge in [0.05, 0.1) is 18.2 Å². The van der Waals surface area contributed by atoms with Gasteiger partial charge in [-0.3, -0.25) is 4.79 Å². The topological polar surface area (TPSA) is 47.6 Å². The lowest BCUT2D eigenvalue weighted by atomic mass is 10.1. The van der Waals surface area contributed by atoms with Gasteiger partial charge in [-0.2, -0.15) is 0 Å². The summed E-state index contributed by atoms with van der Waals surface area (Å²) < 4.78 is 11.7. The molecule has 0 aliphatic heterocycles. The summed E-state index contributed by atoms with van der Waals surface area (Å²) >= 11 is 3.44. The molecular formula is C20H24BrNO3. The minimum Gasteiger partial charge on any atom is -0.497 e. The predicted octanol–water partition coefficient (Wildman–Crippen LogP) is 4.37. The van der Waals surface area contributed by atoms with Crippen LogP contribution < -0.4 is 14.8 Å². The Labute approximate surface area is 157 Å². The van der Waals surface area contributed by atoms with Crippen molar-refractivity contribution in [2.24, 2.45) is 0 Å². The first kappa shape index (κ1) is 19.3. The molecule has 2 aromatic rings. The standard InChI is InChI=1S/C20H24BrNO3/c1-24-17-12-10-16(11-13-17)6-4-14-22-20(23)9-5-15-25-19-8-3-2-7-18(19)21/h2-3,7-8,10-13H,4-6,9,14-15H2,1H3,(H,22,23). The lowest BCUT2D eigenvalue weighted by molar-refractivity contribution is -0.121. The Morgan fingerprint density at radius 3 is 2.56 bits per heavy atom. The van der Waals surface area contributed by atoms with Crippen molar-refractivity contribution < 1.29 is 14.3 Å². The molecule has 0 atom stereocenters. The Morgan fingerprint density at radius 1 is 1.08 bits per heavy atom. The van der Waals surface area contributed by atoms with Crippen LogP contribution in [0.3, 0.4) is 0 Å². The molecule has 0 aromatic heterocycles. The van der Waals surface area contributed by atoms with E-state index in [2.05, 4.69) is 33.4 Å². The Bertz CT molecular complexity index is 658. The molecule has 0 heterocycles. The molecule has 0 radical (unpaired) electrons. The van der Waals surface area contributed by atoms with Crippen LogP contribution in [-0.2, 0) is 11.2 Å². The normalized spacial score (nSPS) is 10.3. The lowest BCUT2D eigenvalue weighted by Gasteiger charge is -2.08. The fourth-order valence-electron chi connectivity index (χ4n) is 2.38. The van der Waals surface area contributed by atoms with Gasteiger partial charge in [-0.05, 0) is 65.0 Å². The van der Waals surface area contributed by atoms with Gasteiger partial charge < -0.3 is 14.8 Å². The molecule has 0 spiro atoms. The number of ether oxygens (including phenoxy) is 2. The Balaban J connectivity index is 1.54. The molecule has 1 amide bonds. The van der Waals surface area contributed by atoms with Crippen LogP contribution in [0.2, 0.25) is 0 Å². The van der Waals surface area contributed by atoms with Gasteiger partial charge in [0.2, 0.25) is 5.91 Å². The van der Waals surface area contributed by atoms with E-state index in [1.807, 2.05) is 36.4 Å². The fraction of sp³-hybridized carbons (Fsp3) is 0.350. The number of para-hydroxylation sites is 1. The number of hydrogen-bond acceptors (Lipinski definition) is 3. The molecule has 4 nitrogen and oxygen atoms in total. The van der Waals surface area contributed by atoms with E-state index >= 15 is 0 Å². The molecule has 5 heteroatoms. The smallest absolute Gasteiger partial charge is 0.220 e. The van der Waals surface area contributed by atoms with E-state index in [-0.39, 0.29) is 5.91 Å². The van der Waals surface area contributed by atoms with E-state index in [1.54, 1.807) is 7.11 Å². The highest BCUT2D eigenvalue weighted by Gasteiger charge is 2.03. The van der Waals surface area contributed by atoms with Gasteiger partial charge in [-0.1, -0.05) is 24.3 Å². The van der Waals surface area contributed by atoms with Crippen molar-refractivity contribution in [2.45, 2.75) is 25.7 Å². The second-order valence-corrected chi connectivity index (χ2v) is 6.54.